The lowest BCUT2D eigenvalue weighted by Gasteiger charge is -2.38. The zero-order valence-corrected chi connectivity index (χ0v) is 12.9. The van der Waals surface area contributed by atoms with Crippen molar-refractivity contribution in [1.29, 1.82) is 0 Å². The van der Waals surface area contributed by atoms with Crippen LogP contribution in [0.2, 0.25) is 0 Å². The fourth-order valence-electron chi connectivity index (χ4n) is 3.80. The van der Waals surface area contributed by atoms with Gasteiger partial charge >= 0.3 is 0 Å². The number of fused-ring (bicyclic) bond motifs is 2. The molecule has 2 aliphatic heterocycles. The topological polar surface area (TPSA) is 78.5 Å². The van der Waals surface area contributed by atoms with Crippen LogP contribution in [0.15, 0.2) is 6.07 Å². The molecule has 2 saturated heterocycles. The summed E-state index contributed by atoms with van der Waals surface area (Å²) >= 11 is 0. The number of nitrogens with zero attached hydrogens (tertiary/aromatic N) is 4. The second-order valence-electron chi connectivity index (χ2n) is 6.03. The summed E-state index contributed by atoms with van der Waals surface area (Å²) in [4.78, 5) is 13.4. The predicted octanol–water partition coefficient (Wildman–Crippen LogP) is 1.40. The first-order valence-corrected chi connectivity index (χ1v) is 7.98. The van der Waals surface area contributed by atoms with E-state index >= 15 is 0 Å². The Morgan fingerprint density at radius 2 is 1.86 bits per heavy atom. The number of nitrogens with two attached hydrogens (primary N) is 1. The number of hydrogen-bond acceptors (Lipinski definition) is 6. The SMILES string of the molecule is CCN(CC)c1cc(N2[C@@H]3CC[C@H]2CC(O)C3)nc(N)n1. The highest BCUT2D eigenvalue weighted by atomic mass is 16.3. The highest BCUT2D eigenvalue weighted by Crippen LogP contribution is 2.39. The quantitative estimate of drug-likeness (QED) is 0.873. The monoisotopic (exact) mass is 291 g/mol. The summed E-state index contributed by atoms with van der Waals surface area (Å²) in [6.45, 7) is 6.03. The molecule has 6 heteroatoms. The highest BCUT2D eigenvalue weighted by Gasteiger charge is 2.41. The van der Waals surface area contributed by atoms with E-state index in [0.717, 1.165) is 50.4 Å². The minimum Gasteiger partial charge on any atom is -0.393 e. The van der Waals surface area contributed by atoms with Crippen molar-refractivity contribution in [2.75, 3.05) is 28.6 Å². The molecule has 3 rings (SSSR count). The van der Waals surface area contributed by atoms with Crippen LogP contribution in [0.1, 0.15) is 39.5 Å². The maximum absolute atomic E-state index is 9.94. The van der Waals surface area contributed by atoms with Gasteiger partial charge in [0.1, 0.15) is 11.6 Å². The van der Waals surface area contributed by atoms with Gasteiger partial charge in [-0.3, -0.25) is 0 Å². The summed E-state index contributed by atoms with van der Waals surface area (Å²) in [6, 6.07) is 2.82. The molecule has 0 saturated carbocycles. The lowest BCUT2D eigenvalue weighted by molar-refractivity contribution is 0.126. The van der Waals surface area contributed by atoms with Crippen LogP contribution >= 0.6 is 0 Å². The number of aromatic nitrogens is 2. The van der Waals surface area contributed by atoms with Crippen LogP contribution in [0.3, 0.4) is 0 Å². The summed E-state index contributed by atoms with van der Waals surface area (Å²) in [5.74, 6) is 2.15. The third-order valence-electron chi connectivity index (χ3n) is 4.78. The van der Waals surface area contributed by atoms with Crippen molar-refractivity contribution in [3.05, 3.63) is 6.07 Å². The molecule has 1 unspecified atom stereocenters. The molecule has 3 atom stereocenters. The van der Waals surface area contributed by atoms with E-state index in [9.17, 15) is 5.11 Å². The summed E-state index contributed by atoms with van der Waals surface area (Å²) in [5.41, 5.74) is 5.93. The standard InChI is InChI=1S/C15H25N5O/c1-3-19(4-2)13-9-14(18-15(16)17-13)20-10-5-6-11(20)8-12(21)7-10/h9-12,21H,3-8H2,1-2H3,(H2,16,17,18)/t10-,11+,12?. The molecule has 0 aliphatic carbocycles. The lowest BCUT2D eigenvalue weighted by atomic mass is 10.00. The summed E-state index contributed by atoms with van der Waals surface area (Å²) in [7, 11) is 0. The van der Waals surface area contributed by atoms with E-state index in [2.05, 4.69) is 33.6 Å². The number of aliphatic hydroxyl groups is 1. The Morgan fingerprint density at radius 1 is 1.24 bits per heavy atom. The molecule has 0 amide bonds. The van der Waals surface area contributed by atoms with Crippen molar-refractivity contribution in [3.8, 4) is 0 Å². The number of piperidine rings is 1. The molecule has 2 bridgehead atoms. The summed E-state index contributed by atoms with van der Waals surface area (Å²) in [6.07, 6.45) is 3.76. The number of rotatable bonds is 4. The van der Waals surface area contributed by atoms with E-state index in [4.69, 9.17) is 5.73 Å². The summed E-state index contributed by atoms with van der Waals surface area (Å²) < 4.78 is 0. The number of anilines is 3. The van der Waals surface area contributed by atoms with Crippen molar-refractivity contribution in [2.24, 2.45) is 0 Å². The van der Waals surface area contributed by atoms with E-state index < -0.39 is 0 Å². The first-order valence-electron chi connectivity index (χ1n) is 7.98. The smallest absolute Gasteiger partial charge is 0.223 e. The molecule has 0 aromatic carbocycles. The first-order chi connectivity index (χ1) is 10.1. The van der Waals surface area contributed by atoms with Crippen molar-refractivity contribution >= 4 is 17.6 Å². The van der Waals surface area contributed by atoms with Crippen molar-refractivity contribution < 1.29 is 5.11 Å². The van der Waals surface area contributed by atoms with Crippen molar-refractivity contribution in [2.45, 2.75) is 57.7 Å². The van der Waals surface area contributed by atoms with E-state index in [1.807, 2.05) is 6.07 Å². The largest absolute Gasteiger partial charge is 0.393 e. The molecule has 21 heavy (non-hydrogen) atoms. The molecule has 6 nitrogen and oxygen atoms in total. The lowest BCUT2D eigenvalue weighted by Crippen LogP contribution is -2.45. The highest BCUT2D eigenvalue weighted by molar-refractivity contribution is 5.56. The normalized spacial score (nSPS) is 28.0. The Kier molecular flexibility index (Phi) is 3.89. The zero-order valence-electron chi connectivity index (χ0n) is 12.9. The maximum atomic E-state index is 9.94. The number of nitrogen functional groups attached to an aromatic ring is 1. The fourth-order valence-corrected chi connectivity index (χ4v) is 3.80. The average molecular weight is 291 g/mol. The van der Waals surface area contributed by atoms with Gasteiger partial charge in [0.2, 0.25) is 5.95 Å². The van der Waals surface area contributed by atoms with Gasteiger partial charge in [-0.2, -0.15) is 9.97 Å². The maximum Gasteiger partial charge on any atom is 0.223 e. The van der Waals surface area contributed by atoms with Crippen LogP contribution in [0.25, 0.3) is 0 Å². The third kappa shape index (κ3) is 2.64. The van der Waals surface area contributed by atoms with Gasteiger partial charge in [-0.25, -0.2) is 0 Å². The molecular formula is C15H25N5O. The van der Waals surface area contributed by atoms with Gasteiger partial charge < -0.3 is 20.6 Å². The van der Waals surface area contributed by atoms with Gasteiger partial charge in [-0.05, 0) is 39.5 Å². The van der Waals surface area contributed by atoms with Crippen LogP contribution in [0.4, 0.5) is 17.6 Å². The Bertz CT molecular complexity index is 491. The average Bonchev–Trinajstić information content (AvgIpc) is 2.72. The molecule has 116 valence electrons. The van der Waals surface area contributed by atoms with Gasteiger partial charge in [-0.15, -0.1) is 0 Å². The molecular weight excluding hydrogens is 266 g/mol. The molecule has 3 heterocycles. The van der Waals surface area contributed by atoms with E-state index in [1.54, 1.807) is 0 Å². The Labute approximate surface area is 126 Å². The molecule has 2 aliphatic rings. The third-order valence-corrected chi connectivity index (χ3v) is 4.78. The van der Waals surface area contributed by atoms with E-state index in [-0.39, 0.29) is 6.10 Å². The fraction of sp³-hybridized carbons (Fsp3) is 0.733. The van der Waals surface area contributed by atoms with Crippen LogP contribution in [-0.2, 0) is 0 Å². The summed E-state index contributed by atoms with van der Waals surface area (Å²) in [5, 5.41) is 9.94. The minimum atomic E-state index is -0.166. The van der Waals surface area contributed by atoms with Gasteiger partial charge in [-0.1, -0.05) is 0 Å². The van der Waals surface area contributed by atoms with E-state index in [0.29, 0.717) is 18.0 Å². The first kappa shape index (κ1) is 14.4. The predicted molar refractivity (Wildman–Crippen MR) is 84.5 cm³/mol. The molecule has 1 aromatic heterocycles. The molecule has 3 N–H and O–H groups in total. The van der Waals surface area contributed by atoms with Crippen molar-refractivity contribution in [3.63, 3.8) is 0 Å². The Balaban J connectivity index is 1.92. The van der Waals surface area contributed by atoms with Crippen LogP contribution in [0, 0.1) is 0 Å². The van der Waals surface area contributed by atoms with E-state index in [1.165, 1.54) is 0 Å². The van der Waals surface area contributed by atoms with Gasteiger partial charge in [0.05, 0.1) is 6.10 Å². The molecule has 0 spiro atoms. The molecule has 1 aromatic rings. The van der Waals surface area contributed by atoms with Crippen LogP contribution in [-0.4, -0.2) is 46.4 Å². The second kappa shape index (κ2) is 5.67. The van der Waals surface area contributed by atoms with Crippen LogP contribution in [0.5, 0.6) is 0 Å². The minimum absolute atomic E-state index is 0.166. The van der Waals surface area contributed by atoms with Gasteiger partial charge in [0, 0.05) is 31.2 Å². The van der Waals surface area contributed by atoms with Crippen molar-refractivity contribution in [1.82, 2.24) is 9.97 Å². The number of aliphatic hydroxyl groups excluding tert-OH is 1. The molecule has 0 radical (unpaired) electrons. The zero-order chi connectivity index (χ0) is 15.0. The second-order valence-corrected chi connectivity index (χ2v) is 6.03. The Morgan fingerprint density at radius 3 is 2.43 bits per heavy atom. The number of hydrogen-bond donors (Lipinski definition) is 2. The van der Waals surface area contributed by atoms with Gasteiger partial charge in [0.15, 0.2) is 0 Å². The Hall–Kier alpha value is -1.56. The van der Waals surface area contributed by atoms with Crippen LogP contribution < -0.4 is 15.5 Å². The van der Waals surface area contributed by atoms with Gasteiger partial charge in [0.25, 0.3) is 0 Å². The molecule has 2 fully saturated rings.